The van der Waals surface area contributed by atoms with Crippen LogP contribution in [-0.2, 0) is 16.0 Å². The quantitative estimate of drug-likeness (QED) is 0.791. The van der Waals surface area contributed by atoms with Gasteiger partial charge in [-0.15, -0.1) is 0 Å². The summed E-state index contributed by atoms with van der Waals surface area (Å²) in [5, 5.41) is 17.7. The fourth-order valence-electron chi connectivity index (χ4n) is 1.85. The van der Waals surface area contributed by atoms with Crippen molar-refractivity contribution in [1.29, 1.82) is 0 Å². The minimum Gasteiger partial charge on any atom is -0.493 e. The minimum absolute atomic E-state index is 0.00452. The largest absolute Gasteiger partial charge is 0.493 e. The van der Waals surface area contributed by atoms with E-state index >= 15 is 0 Å². The summed E-state index contributed by atoms with van der Waals surface area (Å²) >= 11 is 0. The molecule has 0 fully saturated rings. The monoisotopic (exact) mass is 238 g/mol. The van der Waals surface area contributed by atoms with Crippen molar-refractivity contribution in [1.82, 2.24) is 0 Å². The normalized spacial score (nSPS) is 15.1. The number of hydrogen-bond acceptors (Lipinski definition) is 4. The van der Waals surface area contributed by atoms with Gasteiger partial charge in [0, 0.05) is 6.42 Å². The molecule has 5 heteroatoms. The standard InChI is InChI=1S/C12H14O5/c13-4-6-17-11(12(14)15)9-1-2-10-8(7-9)3-5-16-10/h1-2,7,11,13H,3-6H2,(H,14,15). The van der Waals surface area contributed by atoms with Crippen molar-refractivity contribution in [3.8, 4) is 5.75 Å². The smallest absolute Gasteiger partial charge is 0.337 e. The summed E-state index contributed by atoms with van der Waals surface area (Å²) < 4.78 is 10.5. The fourth-order valence-corrected chi connectivity index (χ4v) is 1.85. The van der Waals surface area contributed by atoms with Crippen LogP contribution in [0, 0.1) is 0 Å². The molecule has 0 saturated carbocycles. The highest BCUT2D eigenvalue weighted by molar-refractivity contribution is 5.74. The number of fused-ring (bicyclic) bond motifs is 1. The van der Waals surface area contributed by atoms with Crippen LogP contribution >= 0.6 is 0 Å². The second-order valence-electron chi connectivity index (χ2n) is 3.78. The number of rotatable bonds is 5. The number of hydrogen-bond donors (Lipinski definition) is 2. The van der Waals surface area contributed by atoms with Crippen molar-refractivity contribution in [2.24, 2.45) is 0 Å². The molecule has 0 radical (unpaired) electrons. The van der Waals surface area contributed by atoms with Crippen molar-refractivity contribution < 1.29 is 24.5 Å². The van der Waals surface area contributed by atoms with Gasteiger partial charge in [0.2, 0.25) is 0 Å². The average Bonchev–Trinajstić information content (AvgIpc) is 2.76. The maximum Gasteiger partial charge on any atom is 0.337 e. The van der Waals surface area contributed by atoms with Crippen molar-refractivity contribution in [2.45, 2.75) is 12.5 Å². The van der Waals surface area contributed by atoms with Crippen LogP contribution in [0.15, 0.2) is 18.2 Å². The van der Waals surface area contributed by atoms with Crippen molar-refractivity contribution in [3.05, 3.63) is 29.3 Å². The topological polar surface area (TPSA) is 76.0 Å². The highest BCUT2D eigenvalue weighted by Gasteiger charge is 2.22. The number of benzene rings is 1. The summed E-state index contributed by atoms with van der Waals surface area (Å²) in [6.07, 6.45) is -0.247. The summed E-state index contributed by atoms with van der Waals surface area (Å²) in [5.41, 5.74) is 1.58. The van der Waals surface area contributed by atoms with E-state index < -0.39 is 12.1 Å². The van der Waals surface area contributed by atoms with Crippen LogP contribution < -0.4 is 4.74 Å². The van der Waals surface area contributed by atoms with Crippen LogP contribution in [0.5, 0.6) is 5.75 Å². The average molecular weight is 238 g/mol. The van der Waals surface area contributed by atoms with Crippen LogP contribution in [0.2, 0.25) is 0 Å². The summed E-state index contributed by atoms with van der Waals surface area (Å²) in [6, 6.07) is 5.23. The Kier molecular flexibility index (Phi) is 3.61. The molecule has 1 aliphatic rings. The van der Waals surface area contributed by atoms with Crippen LogP contribution in [-0.4, -0.2) is 36.0 Å². The summed E-state index contributed by atoms with van der Waals surface area (Å²) in [6.45, 7) is 0.441. The van der Waals surface area contributed by atoms with E-state index in [2.05, 4.69) is 0 Å². The molecular formula is C12H14O5. The second kappa shape index (κ2) is 5.16. The third-order valence-corrected chi connectivity index (χ3v) is 2.62. The first-order valence-electron chi connectivity index (χ1n) is 5.43. The summed E-state index contributed by atoms with van der Waals surface area (Å²) in [5.74, 6) is -0.252. The van der Waals surface area contributed by atoms with Crippen LogP contribution in [0.3, 0.4) is 0 Å². The predicted molar refractivity (Wildman–Crippen MR) is 59.1 cm³/mol. The van der Waals surface area contributed by atoms with E-state index in [0.717, 1.165) is 17.7 Å². The molecule has 0 aromatic heterocycles. The van der Waals surface area contributed by atoms with Gasteiger partial charge in [-0.05, 0) is 23.3 Å². The first kappa shape index (κ1) is 11.9. The van der Waals surface area contributed by atoms with Crippen molar-refractivity contribution in [2.75, 3.05) is 19.8 Å². The van der Waals surface area contributed by atoms with E-state index in [-0.39, 0.29) is 13.2 Å². The molecule has 2 rings (SSSR count). The molecule has 2 N–H and O–H groups in total. The Bertz CT molecular complexity index is 415. The number of carboxylic acid groups (broad SMARTS) is 1. The third kappa shape index (κ3) is 2.57. The first-order chi connectivity index (χ1) is 8.22. The minimum atomic E-state index is -1.06. The number of aliphatic hydroxyl groups excluding tert-OH is 1. The third-order valence-electron chi connectivity index (χ3n) is 2.62. The maximum atomic E-state index is 11.1. The highest BCUT2D eigenvalue weighted by Crippen LogP contribution is 2.29. The first-order valence-corrected chi connectivity index (χ1v) is 5.43. The van der Waals surface area contributed by atoms with Gasteiger partial charge in [-0.3, -0.25) is 0 Å². The molecule has 1 aromatic rings. The lowest BCUT2D eigenvalue weighted by Gasteiger charge is -2.14. The van der Waals surface area contributed by atoms with Gasteiger partial charge in [0.1, 0.15) is 5.75 Å². The molecule has 5 nitrogen and oxygen atoms in total. The molecule has 1 atom stereocenters. The molecule has 1 heterocycles. The Morgan fingerprint density at radius 2 is 2.35 bits per heavy atom. The van der Waals surface area contributed by atoms with Crippen LogP contribution in [0.25, 0.3) is 0 Å². The molecule has 1 aliphatic heterocycles. The summed E-state index contributed by atoms with van der Waals surface area (Å²) in [4.78, 5) is 11.1. The number of aliphatic hydroxyl groups is 1. The molecule has 0 amide bonds. The Hall–Kier alpha value is -1.59. The van der Waals surface area contributed by atoms with Crippen molar-refractivity contribution >= 4 is 5.97 Å². The molecule has 0 spiro atoms. The SMILES string of the molecule is O=C(O)C(OCCO)c1ccc2c(c1)CCO2. The Labute approximate surface area is 98.6 Å². The zero-order valence-corrected chi connectivity index (χ0v) is 9.26. The lowest BCUT2D eigenvalue weighted by atomic mass is 10.0. The highest BCUT2D eigenvalue weighted by atomic mass is 16.5. The maximum absolute atomic E-state index is 11.1. The van der Waals surface area contributed by atoms with E-state index in [1.807, 2.05) is 0 Å². The molecule has 1 unspecified atom stereocenters. The Morgan fingerprint density at radius 3 is 3.06 bits per heavy atom. The predicted octanol–water partition coefficient (Wildman–Crippen LogP) is 0.756. The van der Waals surface area contributed by atoms with Gasteiger partial charge in [-0.25, -0.2) is 4.79 Å². The van der Waals surface area contributed by atoms with E-state index in [1.165, 1.54) is 0 Å². The van der Waals surface area contributed by atoms with E-state index in [0.29, 0.717) is 12.2 Å². The lowest BCUT2D eigenvalue weighted by molar-refractivity contribution is -0.151. The molecule has 0 bridgehead atoms. The number of aliphatic carboxylic acids is 1. The van der Waals surface area contributed by atoms with Gasteiger partial charge in [-0.2, -0.15) is 0 Å². The number of ether oxygens (including phenoxy) is 2. The summed E-state index contributed by atoms with van der Waals surface area (Å²) in [7, 11) is 0. The van der Waals surface area contributed by atoms with Gasteiger partial charge in [0.05, 0.1) is 19.8 Å². The molecular weight excluding hydrogens is 224 g/mol. The Balaban J connectivity index is 2.20. The van der Waals surface area contributed by atoms with Crippen LogP contribution in [0.4, 0.5) is 0 Å². The Morgan fingerprint density at radius 1 is 1.53 bits per heavy atom. The molecule has 92 valence electrons. The zero-order chi connectivity index (χ0) is 12.3. The molecule has 1 aromatic carbocycles. The molecule has 0 saturated heterocycles. The lowest BCUT2D eigenvalue weighted by Crippen LogP contribution is -2.17. The van der Waals surface area contributed by atoms with E-state index in [9.17, 15) is 4.79 Å². The van der Waals surface area contributed by atoms with Gasteiger partial charge < -0.3 is 19.7 Å². The zero-order valence-electron chi connectivity index (χ0n) is 9.26. The van der Waals surface area contributed by atoms with Gasteiger partial charge in [0.25, 0.3) is 0 Å². The van der Waals surface area contributed by atoms with Crippen LogP contribution in [0.1, 0.15) is 17.2 Å². The van der Waals surface area contributed by atoms with Gasteiger partial charge in [0.15, 0.2) is 6.10 Å². The van der Waals surface area contributed by atoms with E-state index in [1.54, 1.807) is 18.2 Å². The second-order valence-corrected chi connectivity index (χ2v) is 3.78. The van der Waals surface area contributed by atoms with Gasteiger partial charge >= 0.3 is 5.97 Å². The number of carbonyl (C=O) groups is 1. The number of carboxylic acids is 1. The molecule has 0 aliphatic carbocycles. The fraction of sp³-hybridized carbons (Fsp3) is 0.417. The molecule has 17 heavy (non-hydrogen) atoms. The van der Waals surface area contributed by atoms with Crippen molar-refractivity contribution in [3.63, 3.8) is 0 Å². The van der Waals surface area contributed by atoms with Gasteiger partial charge in [-0.1, -0.05) is 6.07 Å². The van der Waals surface area contributed by atoms with E-state index in [4.69, 9.17) is 19.7 Å².